The number of aromatic nitrogens is 1. The van der Waals surface area contributed by atoms with Crippen molar-refractivity contribution >= 4 is 39.7 Å². The molecule has 5 rings (SSSR count). The van der Waals surface area contributed by atoms with Crippen molar-refractivity contribution in [2.75, 3.05) is 36.4 Å². The van der Waals surface area contributed by atoms with Gasteiger partial charge in [0.05, 0.1) is 11.3 Å². The van der Waals surface area contributed by atoms with Crippen LogP contribution in [-0.2, 0) is 6.18 Å². The number of halogens is 4. The molecule has 2 saturated heterocycles. The summed E-state index contributed by atoms with van der Waals surface area (Å²) in [5.74, 6) is -0.630. The quantitative estimate of drug-likeness (QED) is 0.391. The van der Waals surface area contributed by atoms with E-state index in [0.29, 0.717) is 40.7 Å². The number of thiazole rings is 1. The molecule has 1 N–H and O–H groups in total. The Hall–Kier alpha value is -2.62. The first-order chi connectivity index (χ1) is 17.3. The summed E-state index contributed by atoms with van der Waals surface area (Å²) >= 11 is 7.42. The smallest absolute Gasteiger partial charge is 0.371 e. The number of hydrogen-bond acceptors (Lipinski definition) is 5. The average Bonchev–Trinajstić information content (AvgIpc) is 3.56. The third-order valence-electron chi connectivity index (χ3n) is 6.87. The predicted octanol–water partition coefficient (Wildman–Crippen LogP) is 6.80. The van der Waals surface area contributed by atoms with Crippen LogP contribution in [0.2, 0.25) is 5.02 Å². The molecule has 2 aliphatic rings. The van der Waals surface area contributed by atoms with Gasteiger partial charge in [-0.1, -0.05) is 29.8 Å². The predicted molar refractivity (Wildman–Crippen MR) is 138 cm³/mol. The standard InChI is InChI=1S/C26H26ClF3N4OS/c27-22-6-2-1-5-21(22)23-16-36-25(31-23)32-24(35)17-13-18(26(28,29)30)15-20(14-17)34-11-7-19(8-12-34)33-9-3-4-10-33/h1-2,5-6,13-16,19H,3-4,7-12H2,(H,31,32,35). The number of carbonyl (C=O) groups excluding carboxylic acids is 1. The van der Waals surface area contributed by atoms with Crippen molar-refractivity contribution in [3.8, 4) is 11.3 Å². The minimum atomic E-state index is -4.56. The zero-order valence-corrected chi connectivity index (χ0v) is 21.1. The molecule has 0 atom stereocenters. The van der Waals surface area contributed by atoms with Crippen LogP contribution >= 0.6 is 22.9 Å². The maximum Gasteiger partial charge on any atom is 0.416 e. The zero-order chi connectivity index (χ0) is 25.3. The lowest BCUT2D eigenvalue weighted by Gasteiger charge is -2.38. The molecule has 0 saturated carbocycles. The fraction of sp³-hybridized carbons (Fsp3) is 0.385. The second kappa shape index (κ2) is 10.4. The van der Waals surface area contributed by atoms with Gasteiger partial charge in [0.25, 0.3) is 5.91 Å². The first kappa shape index (κ1) is 25.0. The van der Waals surface area contributed by atoms with Gasteiger partial charge in [-0.2, -0.15) is 13.2 Å². The molecular weight excluding hydrogens is 509 g/mol. The molecule has 36 heavy (non-hydrogen) atoms. The van der Waals surface area contributed by atoms with Gasteiger partial charge in [-0.05, 0) is 63.0 Å². The minimum absolute atomic E-state index is 0.0454. The van der Waals surface area contributed by atoms with Gasteiger partial charge in [0.2, 0.25) is 0 Å². The van der Waals surface area contributed by atoms with Gasteiger partial charge in [-0.25, -0.2) is 4.98 Å². The summed E-state index contributed by atoms with van der Waals surface area (Å²) in [6, 6.07) is 11.3. The van der Waals surface area contributed by atoms with Crippen LogP contribution in [0.4, 0.5) is 24.0 Å². The fourth-order valence-corrected chi connectivity index (χ4v) is 5.92. The molecule has 3 aromatic rings. The first-order valence-corrected chi connectivity index (χ1v) is 13.3. The van der Waals surface area contributed by atoms with Crippen molar-refractivity contribution in [3.63, 3.8) is 0 Å². The van der Waals surface area contributed by atoms with E-state index in [1.54, 1.807) is 23.6 Å². The second-order valence-electron chi connectivity index (χ2n) is 9.20. The van der Waals surface area contributed by atoms with E-state index in [1.165, 1.54) is 24.2 Å². The Morgan fingerprint density at radius 1 is 1.06 bits per heavy atom. The molecule has 0 radical (unpaired) electrons. The normalized spacial score (nSPS) is 17.5. The minimum Gasteiger partial charge on any atom is -0.371 e. The zero-order valence-electron chi connectivity index (χ0n) is 19.5. The Bertz CT molecular complexity index is 1230. The Balaban J connectivity index is 1.34. The van der Waals surface area contributed by atoms with Gasteiger partial charge < -0.3 is 9.80 Å². The van der Waals surface area contributed by atoms with Crippen LogP contribution in [0.15, 0.2) is 47.8 Å². The Kier molecular flexibility index (Phi) is 7.23. The topological polar surface area (TPSA) is 48.5 Å². The van der Waals surface area contributed by atoms with Crippen LogP contribution in [0.5, 0.6) is 0 Å². The van der Waals surface area contributed by atoms with Gasteiger partial charge in [0.15, 0.2) is 5.13 Å². The summed E-state index contributed by atoms with van der Waals surface area (Å²) in [7, 11) is 0. The Morgan fingerprint density at radius 2 is 1.78 bits per heavy atom. The highest BCUT2D eigenvalue weighted by molar-refractivity contribution is 7.14. The van der Waals surface area contributed by atoms with Crippen LogP contribution in [0, 0.1) is 0 Å². The van der Waals surface area contributed by atoms with E-state index in [0.717, 1.165) is 43.6 Å². The number of piperidine rings is 1. The lowest BCUT2D eigenvalue weighted by Crippen LogP contribution is -2.44. The number of benzene rings is 2. The number of alkyl halides is 3. The van der Waals surface area contributed by atoms with Crippen molar-refractivity contribution < 1.29 is 18.0 Å². The number of hydrogen-bond donors (Lipinski definition) is 1. The highest BCUT2D eigenvalue weighted by Gasteiger charge is 2.33. The van der Waals surface area contributed by atoms with Gasteiger partial charge in [-0.3, -0.25) is 10.1 Å². The van der Waals surface area contributed by atoms with Crippen LogP contribution < -0.4 is 10.2 Å². The van der Waals surface area contributed by atoms with E-state index in [2.05, 4.69) is 15.2 Å². The number of rotatable bonds is 5. The van der Waals surface area contributed by atoms with Crippen molar-refractivity contribution in [2.24, 2.45) is 0 Å². The van der Waals surface area contributed by atoms with Crippen LogP contribution in [-0.4, -0.2) is 48.0 Å². The van der Waals surface area contributed by atoms with E-state index in [4.69, 9.17) is 11.6 Å². The summed E-state index contributed by atoms with van der Waals surface area (Å²) in [5.41, 5.74) is 0.852. The summed E-state index contributed by atoms with van der Waals surface area (Å²) in [4.78, 5) is 21.9. The SMILES string of the molecule is O=C(Nc1nc(-c2ccccc2Cl)cs1)c1cc(N2CCC(N3CCCC3)CC2)cc(C(F)(F)F)c1. The molecule has 1 aromatic heterocycles. The highest BCUT2D eigenvalue weighted by Crippen LogP contribution is 2.35. The highest BCUT2D eigenvalue weighted by atomic mass is 35.5. The Labute approximate surface area is 216 Å². The molecule has 5 nitrogen and oxygen atoms in total. The van der Waals surface area contributed by atoms with E-state index in [1.807, 2.05) is 17.0 Å². The number of carbonyl (C=O) groups is 1. The molecule has 190 valence electrons. The summed E-state index contributed by atoms with van der Waals surface area (Å²) < 4.78 is 41.2. The molecule has 2 aromatic carbocycles. The molecule has 2 aliphatic heterocycles. The molecule has 3 heterocycles. The maximum atomic E-state index is 13.7. The molecule has 0 aliphatic carbocycles. The third kappa shape index (κ3) is 5.53. The van der Waals surface area contributed by atoms with Gasteiger partial charge in [0, 0.05) is 46.3 Å². The molecule has 0 bridgehead atoms. The van der Waals surface area contributed by atoms with E-state index >= 15 is 0 Å². The average molecular weight is 535 g/mol. The second-order valence-corrected chi connectivity index (χ2v) is 10.5. The molecular formula is C26H26ClF3N4OS. The number of nitrogens with zero attached hydrogens (tertiary/aromatic N) is 3. The number of nitrogens with one attached hydrogen (secondary N) is 1. The van der Waals surface area contributed by atoms with Crippen molar-refractivity contribution in [1.29, 1.82) is 0 Å². The summed E-state index contributed by atoms with van der Waals surface area (Å²) in [6.45, 7) is 3.54. The monoisotopic (exact) mass is 534 g/mol. The van der Waals surface area contributed by atoms with Crippen molar-refractivity contribution in [2.45, 2.75) is 37.9 Å². The van der Waals surface area contributed by atoms with Gasteiger partial charge in [0.1, 0.15) is 0 Å². The Morgan fingerprint density at radius 3 is 2.47 bits per heavy atom. The summed E-state index contributed by atoms with van der Waals surface area (Å²) in [6.07, 6.45) is -0.322. The molecule has 0 spiro atoms. The van der Waals surface area contributed by atoms with Crippen molar-refractivity contribution in [1.82, 2.24) is 9.88 Å². The van der Waals surface area contributed by atoms with Gasteiger partial charge in [-0.15, -0.1) is 11.3 Å². The van der Waals surface area contributed by atoms with Crippen LogP contribution in [0.1, 0.15) is 41.6 Å². The van der Waals surface area contributed by atoms with Crippen LogP contribution in [0.25, 0.3) is 11.3 Å². The van der Waals surface area contributed by atoms with E-state index in [9.17, 15) is 18.0 Å². The lowest BCUT2D eigenvalue weighted by molar-refractivity contribution is -0.137. The molecule has 2 fully saturated rings. The largest absolute Gasteiger partial charge is 0.416 e. The molecule has 0 unspecified atom stereocenters. The molecule has 1 amide bonds. The van der Waals surface area contributed by atoms with E-state index in [-0.39, 0.29) is 5.56 Å². The first-order valence-electron chi connectivity index (χ1n) is 12.0. The number of anilines is 2. The van der Waals surface area contributed by atoms with Gasteiger partial charge >= 0.3 is 6.18 Å². The third-order valence-corrected chi connectivity index (χ3v) is 7.96. The maximum absolute atomic E-state index is 13.7. The fourth-order valence-electron chi connectivity index (χ4n) is 4.98. The summed E-state index contributed by atoms with van der Waals surface area (Å²) in [5, 5.41) is 5.22. The van der Waals surface area contributed by atoms with Crippen LogP contribution in [0.3, 0.4) is 0 Å². The lowest BCUT2D eigenvalue weighted by atomic mass is 10.0. The molecule has 10 heteroatoms. The number of likely N-dealkylation sites (tertiary alicyclic amines) is 1. The van der Waals surface area contributed by atoms with E-state index < -0.39 is 17.6 Å². The van der Waals surface area contributed by atoms with Crippen molar-refractivity contribution in [3.05, 3.63) is 64.0 Å². The number of amides is 1.